The van der Waals surface area contributed by atoms with Crippen LogP contribution >= 0.6 is 15.6 Å². The van der Waals surface area contributed by atoms with Crippen LogP contribution in [0.25, 0.3) is 0 Å². The average Bonchev–Trinajstić information content (AvgIpc) is 3.64. The summed E-state index contributed by atoms with van der Waals surface area (Å²) in [6.07, 6.45) is 48.5. The van der Waals surface area contributed by atoms with E-state index in [4.69, 9.17) is 37.0 Å². The molecule has 0 aliphatic rings. The van der Waals surface area contributed by atoms with Gasteiger partial charge in [-0.3, -0.25) is 37.3 Å². The highest BCUT2D eigenvalue weighted by Gasteiger charge is 2.30. The van der Waals surface area contributed by atoms with Gasteiger partial charge in [0.05, 0.1) is 26.4 Å². The molecule has 0 aromatic rings. The van der Waals surface area contributed by atoms with Gasteiger partial charge >= 0.3 is 39.5 Å². The first-order chi connectivity index (χ1) is 42.5. The van der Waals surface area contributed by atoms with Crippen LogP contribution in [0.5, 0.6) is 0 Å². The highest BCUT2D eigenvalue weighted by molar-refractivity contribution is 7.47. The minimum Gasteiger partial charge on any atom is -0.462 e. The second kappa shape index (κ2) is 62.5. The van der Waals surface area contributed by atoms with Crippen LogP contribution < -0.4 is 0 Å². The second-order valence-corrected chi connectivity index (χ2v) is 28.3. The van der Waals surface area contributed by atoms with Gasteiger partial charge in [0.25, 0.3) is 0 Å². The lowest BCUT2D eigenvalue weighted by Crippen LogP contribution is -2.30. The van der Waals surface area contributed by atoms with E-state index in [1.54, 1.807) is 0 Å². The molecule has 522 valence electrons. The fourth-order valence-electron chi connectivity index (χ4n) is 10.5. The van der Waals surface area contributed by atoms with Crippen molar-refractivity contribution < 1.29 is 80.2 Å². The van der Waals surface area contributed by atoms with Crippen LogP contribution in [0.4, 0.5) is 0 Å². The van der Waals surface area contributed by atoms with E-state index >= 15 is 0 Å². The number of hydrogen-bond acceptors (Lipinski definition) is 15. The van der Waals surface area contributed by atoms with Gasteiger partial charge in [0.2, 0.25) is 0 Å². The molecule has 0 aromatic heterocycles. The fraction of sp³-hybridized carbons (Fsp3) is 0.942. The van der Waals surface area contributed by atoms with Crippen molar-refractivity contribution in [3.8, 4) is 0 Å². The lowest BCUT2D eigenvalue weighted by Gasteiger charge is -2.21. The number of aliphatic hydroxyl groups excluding tert-OH is 1. The Morgan fingerprint density at radius 3 is 0.773 bits per heavy atom. The minimum absolute atomic E-state index is 0.107. The van der Waals surface area contributed by atoms with Gasteiger partial charge in [0.15, 0.2) is 12.2 Å². The van der Waals surface area contributed by atoms with Crippen molar-refractivity contribution >= 4 is 39.5 Å². The topological polar surface area (TPSA) is 237 Å². The van der Waals surface area contributed by atoms with Crippen molar-refractivity contribution in [2.45, 2.75) is 374 Å². The maximum Gasteiger partial charge on any atom is 0.472 e. The summed E-state index contributed by atoms with van der Waals surface area (Å²) in [6.45, 7) is 7.24. The number of hydrogen-bond donors (Lipinski definition) is 3. The van der Waals surface area contributed by atoms with E-state index in [9.17, 15) is 43.2 Å². The van der Waals surface area contributed by atoms with Gasteiger partial charge in [-0.15, -0.1) is 0 Å². The number of phosphoric ester groups is 2. The monoisotopic (exact) mass is 1300 g/mol. The van der Waals surface area contributed by atoms with E-state index in [1.165, 1.54) is 180 Å². The molecule has 0 rings (SSSR count). The molecular formula is C69H134O17P2. The first-order valence-corrected chi connectivity index (χ1v) is 39.1. The average molecular weight is 1300 g/mol. The largest absolute Gasteiger partial charge is 0.472 e. The van der Waals surface area contributed by atoms with Crippen molar-refractivity contribution in [2.75, 3.05) is 39.6 Å². The first kappa shape index (κ1) is 86.1. The lowest BCUT2D eigenvalue weighted by molar-refractivity contribution is -0.161. The first-order valence-electron chi connectivity index (χ1n) is 36.1. The quantitative estimate of drug-likeness (QED) is 0.0222. The maximum absolute atomic E-state index is 13.0. The molecule has 0 aliphatic carbocycles. The van der Waals surface area contributed by atoms with E-state index in [2.05, 4.69) is 34.6 Å². The maximum atomic E-state index is 13.0. The third kappa shape index (κ3) is 62.8. The molecular weight excluding hydrogens is 1160 g/mol. The molecule has 2 unspecified atom stereocenters. The van der Waals surface area contributed by atoms with Crippen molar-refractivity contribution in [1.29, 1.82) is 0 Å². The SMILES string of the molecule is CCCCCCCCCCCCCCC(=O)OC[C@H](COP(=O)(O)OC[C@@H](O)COP(=O)(O)OC[C@@H](COC(=O)CCCCCCCCCCC)OC(=O)CCCCCCCCCCCC)OC(=O)CCCCCCCCCCCCCCCCC(C)C. The van der Waals surface area contributed by atoms with Crippen molar-refractivity contribution in [3.05, 3.63) is 0 Å². The standard InChI is InChI=1S/C69H134O17P2/c1-6-9-12-15-18-21-23-29-34-38-43-48-53-67(72)80-59-65(86-69(74)55-50-45-40-35-30-27-25-24-26-28-32-36-41-46-51-62(4)5)61-84-88(77,78)82-57-63(70)56-81-87(75,76)83-60-64(58-79-66(71)52-47-42-37-31-20-17-14-11-8-3)85-68(73)54-49-44-39-33-22-19-16-13-10-7-2/h62-65,70H,6-61H2,1-5H3,(H,75,76)(H,77,78)/t63-,64+,65+/m0/s1. The van der Waals surface area contributed by atoms with Crippen LogP contribution in [0.1, 0.15) is 356 Å². The summed E-state index contributed by atoms with van der Waals surface area (Å²) in [5.74, 6) is -1.33. The molecule has 0 bridgehead atoms. The van der Waals surface area contributed by atoms with Gasteiger partial charge in [-0.2, -0.15) is 0 Å². The summed E-state index contributed by atoms with van der Waals surface area (Å²) in [5.41, 5.74) is 0. The number of carbonyl (C=O) groups is 4. The normalized spacial score (nSPS) is 14.1. The Kier molecular flexibility index (Phi) is 61.1. The zero-order valence-corrected chi connectivity index (χ0v) is 58.6. The number of ether oxygens (including phenoxy) is 4. The Bertz CT molecular complexity index is 1700. The smallest absolute Gasteiger partial charge is 0.462 e. The van der Waals surface area contributed by atoms with E-state index in [1.807, 2.05) is 0 Å². The molecule has 5 atom stereocenters. The predicted molar refractivity (Wildman–Crippen MR) is 354 cm³/mol. The Morgan fingerprint density at radius 1 is 0.307 bits per heavy atom. The Hall–Kier alpha value is -1.94. The summed E-state index contributed by atoms with van der Waals surface area (Å²) in [6, 6.07) is 0. The van der Waals surface area contributed by atoms with Gasteiger partial charge in [-0.05, 0) is 31.6 Å². The van der Waals surface area contributed by atoms with Gasteiger partial charge in [-0.1, -0.05) is 304 Å². The molecule has 0 heterocycles. The Morgan fingerprint density at radius 2 is 0.523 bits per heavy atom. The number of rotatable bonds is 69. The predicted octanol–water partition coefficient (Wildman–Crippen LogP) is 19.7. The zero-order valence-electron chi connectivity index (χ0n) is 56.9. The highest BCUT2D eigenvalue weighted by Crippen LogP contribution is 2.45. The van der Waals surface area contributed by atoms with E-state index in [0.717, 1.165) is 95.8 Å². The van der Waals surface area contributed by atoms with Crippen molar-refractivity contribution in [1.82, 2.24) is 0 Å². The molecule has 3 N–H and O–H groups in total. The molecule has 0 aliphatic heterocycles. The molecule has 0 amide bonds. The van der Waals surface area contributed by atoms with Crippen molar-refractivity contribution in [3.63, 3.8) is 0 Å². The third-order valence-electron chi connectivity index (χ3n) is 16.0. The number of unbranched alkanes of at least 4 members (excludes halogenated alkanes) is 41. The summed E-state index contributed by atoms with van der Waals surface area (Å²) in [5, 5.41) is 10.6. The molecule has 88 heavy (non-hydrogen) atoms. The summed E-state index contributed by atoms with van der Waals surface area (Å²) >= 11 is 0. The highest BCUT2D eigenvalue weighted by atomic mass is 31.2. The third-order valence-corrected chi connectivity index (χ3v) is 17.9. The summed E-state index contributed by atoms with van der Waals surface area (Å²) in [4.78, 5) is 72.4. The summed E-state index contributed by atoms with van der Waals surface area (Å²) in [7, 11) is -9.89. The molecule has 0 spiro atoms. The number of carbonyl (C=O) groups excluding carboxylic acids is 4. The second-order valence-electron chi connectivity index (χ2n) is 25.4. The molecule has 17 nitrogen and oxygen atoms in total. The van der Waals surface area contributed by atoms with E-state index in [-0.39, 0.29) is 25.7 Å². The molecule has 0 saturated heterocycles. The van der Waals surface area contributed by atoms with Crippen LogP contribution in [0, 0.1) is 5.92 Å². The van der Waals surface area contributed by atoms with Crippen LogP contribution in [-0.2, 0) is 65.4 Å². The minimum atomic E-state index is -4.95. The van der Waals surface area contributed by atoms with Crippen LogP contribution in [0.2, 0.25) is 0 Å². The van der Waals surface area contributed by atoms with Crippen molar-refractivity contribution in [2.24, 2.45) is 5.92 Å². The Balaban J connectivity index is 5.21. The lowest BCUT2D eigenvalue weighted by atomic mass is 10.0. The van der Waals surface area contributed by atoms with Gasteiger partial charge < -0.3 is 33.8 Å². The van der Waals surface area contributed by atoms with Gasteiger partial charge in [0, 0.05) is 25.7 Å². The van der Waals surface area contributed by atoms with Crippen LogP contribution in [0.3, 0.4) is 0 Å². The molecule has 0 fully saturated rings. The zero-order chi connectivity index (χ0) is 64.9. The molecule has 0 aromatic carbocycles. The molecule has 0 saturated carbocycles. The number of phosphoric acid groups is 2. The number of aliphatic hydroxyl groups is 1. The van der Waals surface area contributed by atoms with E-state index < -0.39 is 97.5 Å². The van der Waals surface area contributed by atoms with Gasteiger partial charge in [0.1, 0.15) is 19.3 Å². The Labute approximate surface area is 537 Å². The fourth-order valence-corrected chi connectivity index (χ4v) is 12.0. The van der Waals surface area contributed by atoms with E-state index in [0.29, 0.717) is 25.7 Å². The summed E-state index contributed by atoms with van der Waals surface area (Å²) < 4.78 is 68.2. The van der Waals surface area contributed by atoms with Gasteiger partial charge in [-0.25, -0.2) is 9.13 Å². The van der Waals surface area contributed by atoms with Crippen LogP contribution in [0.15, 0.2) is 0 Å². The molecule has 0 radical (unpaired) electrons. The number of esters is 4. The molecule has 19 heteroatoms. The van der Waals surface area contributed by atoms with Crippen LogP contribution in [-0.4, -0.2) is 96.7 Å².